The molecule has 0 aliphatic rings. The van der Waals surface area contributed by atoms with E-state index in [0.717, 1.165) is 20.4 Å². The van der Waals surface area contributed by atoms with E-state index in [4.69, 9.17) is 4.98 Å². The van der Waals surface area contributed by atoms with Crippen molar-refractivity contribution < 1.29 is 5.11 Å². The standard InChI is InChI=1S/C23H17IN2O2/c1-15-2-8-18(9-3-15)26-22(13-6-16-4-10-19(27)11-5-16)25-21-12-7-17(24)14-20(21)23(26)28/h2-14,27H,1H3. The normalized spacial score (nSPS) is 11.4. The Bertz CT molecular complexity index is 1240. The number of phenolic OH excluding ortho intramolecular Hbond substituents is 1. The van der Waals surface area contributed by atoms with Crippen LogP contribution in [0.2, 0.25) is 0 Å². The van der Waals surface area contributed by atoms with Gasteiger partial charge >= 0.3 is 0 Å². The van der Waals surface area contributed by atoms with Crippen molar-refractivity contribution in [3.05, 3.63) is 97.6 Å². The Balaban J connectivity index is 1.93. The number of fused-ring (bicyclic) bond motifs is 1. The number of halogens is 1. The van der Waals surface area contributed by atoms with Crippen molar-refractivity contribution in [2.24, 2.45) is 0 Å². The van der Waals surface area contributed by atoms with Crippen LogP contribution in [0, 0.1) is 10.5 Å². The van der Waals surface area contributed by atoms with Crippen LogP contribution in [0.15, 0.2) is 71.5 Å². The summed E-state index contributed by atoms with van der Waals surface area (Å²) in [7, 11) is 0. The molecule has 0 unspecified atom stereocenters. The lowest BCUT2D eigenvalue weighted by atomic mass is 10.2. The predicted octanol–water partition coefficient (Wildman–Crippen LogP) is 5.17. The molecule has 0 aliphatic heterocycles. The van der Waals surface area contributed by atoms with Gasteiger partial charge in [0.05, 0.1) is 16.6 Å². The second-order valence-corrected chi connectivity index (χ2v) is 7.78. The molecule has 1 heterocycles. The Hall–Kier alpha value is -2.93. The summed E-state index contributed by atoms with van der Waals surface area (Å²) in [6.07, 6.45) is 3.70. The minimum absolute atomic E-state index is 0.0993. The number of aromatic nitrogens is 2. The lowest BCUT2D eigenvalue weighted by Crippen LogP contribution is -2.22. The largest absolute Gasteiger partial charge is 0.508 e. The molecule has 0 radical (unpaired) electrons. The van der Waals surface area contributed by atoms with Gasteiger partial charge in [-0.15, -0.1) is 0 Å². The van der Waals surface area contributed by atoms with Crippen LogP contribution in [-0.2, 0) is 0 Å². The number of hydrogen-bond acceptors (Lipinski definition) is 3. The molecular formula is C23H17IN2O2. The van der Waals surface area contributed by atoms with Crippen LogP contribution in [0.25, 0.3) is 28.7 Å². The molecule has 0 bridgehead atoms. The first-order valence-electron chi connectivity index (χ1n) is 8.78. The number of aromatic hydroxyl groups is 1. The predicted molar refractivity (Wildman–Crippen MR) is 122 cm³/mol. The van der Waals surface area contributed by atoms with Gasteiger partial charge in [0, 0.05) is 3.57 Å². The number of phenols is 1. The molecule has 0 fully saturated rings. The summed E-state index contributed by atoms with van der Waals surface area (Å²) in [6.45, 7) is 2.01. The lowest BCUT2D eigenvalue weighted by molar-refractivity contribution is 0.475. The van der Waals surface area contributed by atoms with Crippen molar-refractivity contribution in [1.82, 2.24) is 9.55 Å². The zero-order valence-electron chi connectivity index (χ0n) is 15.1. The Labute approximate surface area is 175 Å². The Morgan fingerprint density at radius 3 is 2.39 bits per heavy atom. The smallest absolute Gasteiger partial charge is 0.266 e. The maximum absolute atomic E-state index is 13.3. The van der Waals surface area contributed by atoms with Gasteiger partial charge in [0.2, 0.25) is 0 Å². The summed E-state index contributed by atoms with van der Waals surface area (Å²) in [4.78, 5) is 18.0. The molecule has 0 aliphatic carbocycles. The maximum Gasteiger partial charge on any atom is 0.266 e. The molecule has 0 saturated heterocycles. The van der Waals surface area contributed by atoms with E-state index >= 15 is 0 Å². The van der Waals surface area contributed by atoms with Gasteiger partial charge in [-0.25, -0.2) is 4.98 Å². The summed E-state index contributed by atoms with van der Waals surface area (Å²) in [5.74, 6) is 0.766. The highest BCUT2D eigenvalue weighted by Crippen LogP contribution is 2.18. The quantitative estimate of drug-likeness (QED) is 0.412. The second-order valence-electron chi connectivity index (χ2n) is 6.53. The average Bonchev–Trinajstić information content (AvgIpc) is 2.69. The molecule has 4 rings (SSSR count). The van der Waals surface area contributed by atoms with Gasteiger partial charge in [-0.1, -0.05) is 35.9 Å². The summed E-state index contributed by atoms with van der Waals surface area (Å²) < 4.78 is 2.63. The number of aryl methyl sites for hydroxylation is 1. The van der Waals surface area contributed by atoms with Crippen molar-refractivity contribution in [3.8, 4) is 11.4 Å². The molecule has 0 spiro atoms. The van der Waals surface area contributed by atoms with Crippen LogP contribution >= 0.6 is 22.6 Å². The first-order chi connectivity index (χ1) is 13.5. The first kappa shape index (κ1) is 18.4. The SMILES string of the molecule is Cc1ccc(-n2c(C=Cc3ccc(O)cc3)nc3ccc(I)cc3c2=O)cc1. The highest BCUT2D eigenvalue weighted by Gasteiger charge is 2.11. The number of benzene rings is 3. The number of rotatable bonds is 3. The van der Waals surface area contributed by atoms with Crippen LogP contribution in [-0.4, -0.2) is 14.7 Å². The van der Waals surface area contributed by atoms with E-state index in [-0.39, 0.29) is 11.3 Å². The molecule has 28 heavy (non-hydrogen) atoms. The molecule has 0 atom stereocenters. The Morgan fingerprint density at radius 1 is 0.964 bits per heavy atom. The molecule has 5 heteroatoms. The van der Waals surface area contributed by atoms with Gasteiger partial charge in [-0.3, -0.25) is 9.36 Å². The molecule has 1 aromatic heterocycles. The van der Waals surface area contributed by atoms with Crippen LogP contribution in [0.1, 0.15) is 17.0 Å². The van der Waals surface area contributed by atoms with E-state index in [1.165, 1.54) is 0 Å². The monoisotopic (exact) mass is 480 g/mol. The zero-order chi connectivity index (χ0) is 19.7. The van der Waals surface area contributed by atoms with E-state index < -0.39 is 0 Å². The van der Waals surface area contributed by atoms with Crippen molar-refractivity contribution in [2.45, 2.75) is 6.92 Å². The summed E-state index contributed by atoms with van der Waals surface area (Å²) >= 11 is 2.20. The highest BCUT2D eigenvalue weighted by molar-refractivity contribution is 14.1. The molecular weight excluding hydrogens is 463 g/mol. The van der Waals surface area contributed by atoms with E-state index in [9.17, 15) is 9.90 Å². The minimum atomic E-state index is -0.0993. The Kier molecular flexibility index (Phi) is 5.00. The van der Waals surface area contributed by atoms with Gasteiger partial charge in [0.15, 0.2) is 0 Å². The van der Waals surface area contributed by atoms with E-state index in [0.29, 0.717) is 16.7 Å². The Morgan fingerprint density at radius 2 is 1.68 bits per heavy atom. The van der Waals surface area contributed by atoms with E-state index in [1.807, 2.05) is 73.7 Å². The van der Waals surface area contributed by atoms with Crippen LogP contribution < -0.4 is 5.56 Å². The number of nitrogens with zero attached hydrogens (tertiary/aromatic N) is 2. The molecule has 4 nitrogen and oxygen atoms in total. The van der Waals surface area contributed by atoms with Gasteiger partial charge < -0.3 is 5.11 Å². The topological polar surface area (TPSA) is 55.1 Å². The summed E-state index contributed by atoms with van der Waals surface area (Å²) in [5.41, 5.74) is 3.37. The first-order valence-corrected chi connectivity index (χ1v) is 9.85. The van der Waals surface area contributed by atoms with Gasteiger partial charge in [-0.2, -0.15) is 0 Å². The fraction of sp³-hybridized carbons (Fsp3) is 0.0435. The highest BCUT2D eigenvalue weighted by atomic mass is 127. The zero-order valence-corrected chi connectivity index (χ0v) is 17.3. The van der Waals surface area contributed by atoms with Crippen molar-refractivity contribution in [3.63, 3.8) is 0 Å². The minimum Gasteiger partial charge on any atom is -0.508 e. The summed E-state index contributed by atoms with van der Waals surface area (Å²) in [6, 6.07) is 20.4. The fourth-order valence-corrected chi connectivity index (χ4v) is 3.48. The van der Waals surface area contributed by atoms with Crippen molar-refractivity contribution >= 4 is 45.6 Å². The lowest BCUT2D eigenvalue weighted by Gasteiger charge is -2.12. The number of hydrogen-bond donors (Lipinski definition) is 1. The molecule has 0 saturated carbocycles. The third-order valence-electron chi connectivity index (χ3n) is 4.47. The molecule has 138 valence electrons. The van der Waals surface area contributed by atoms with Crippen LogP contribution in [0.3, 0.4) is 0 Å². The van der Waals surface area contributed by atoms with Crippen molar-refractivity contribution in [2.75, 3.05) is 0 Å². The van der Waals surface area contributed by atoms with E-state index in [1.54, 1.807) is 16.7 Å². The second kappa shape index (κ2) is 7.59. The molecule has 3 aromatic carbocycles. The van der Waals surface area contributed by atoms with Crippen LogP contribution in [0.5, 0.6) is 5.75 Å². The third-order valence-corrected chi connectivity index (χ3v) is 5.14. The van der Waals surface area contributed by atoms with Gasteiger partial charge in [0.25, 0.3) is 5.56 Å². The van der Waals surface area contributed by atoms with Gasteiger partial charge in [0.1, 0.15) is 11.6 Å². The molecule has 0 amide bonds. The van der Waals surface area contributed by atoms with Crippen LogP contribution in [0.4, 0.5) is 0 Å². The third kappa shape index (κ3) is 3.71. The molecule has 4 aromatic rings. The average molecular weight is 480 g/mol. The fourth-order valence-electron chi connectivity index (χ4n) is 2.99. The summed E-state index contributed by atoms with van der Waals surface area (Å²) in [5, 5.41) is 10.0. The van der Waals surface area contributed by atoms with E-state index in [2.05, 4.69) is 22.6 Å². The molecule has 1 N–H and O–H groups in total. The maximum atomic E-state index is 13.3. The van der Waals surface area contributed by atoms with Crippen molar-refractivity contribution in [1.29, 1.82) is 0 Å². The van der Waals surface area contributed by atoms with Gasteiger partial charge in [-0.05, 0) is 83.6 Å².